The number of hydrogen-bond donors (Lipinski definition) is 0. The third-order valence-electron chi connectivity index (χ3n) is 2.68. The van der Waals surface area contributed by atoms with Gasteiger partial charge in [-0.25, -0.2) is 18.4 Å². The normalized spacial score (nSPS) is 11.7. The Kier molecular flexibility index (Phi) is 3.56. The summed E-state index contributed by atoms with van der Waals surface area (Å²) in [7, 11) is -3.21. The van der Waals surface area contributed by atoms with Crippen LogP contribution in [0.2, 0.25) is 4.47 Å². The molecule has 3 rings (SSSR count). The third kappa shape index (κ3) is 3.15. The largest absolute Gasteiger partial charge is 0.439 e. The van der Waals surface area contributed by atoms with Gasteiger partial charge in [0.2, 0.25) is 5.88 Å². The average molecular weight is 341 g/mol. The predicted octanol–water partition coefficient (Wildman–Crippen LogP) is 3.54. The average Bonchev–Trinajstić information content (AvgIpc) is 2.78. The first-order valence-corrected chi connectivity index (χ1v) is 8.91. The highest BCUT2D eigenvalue weighted by molar-refractivity contribution is 7.90. The van der Waals surface area contributed by atoms with Crippen molar-refractivity contribution in [1.29, 1.82) is 0 Å². The van der Waals surface area contributed by atoms with Gasteiger partial charge in [-0.2, -0.15) is 0 Å². The maximum Gasteiger partial charge on any atom is 0.220 e. The van der Waals surface area contributed by atoms with Crippen molar-refractivity contribution in [3.63, 3.8) is 0 Å². The lowest BCUT2D eigenvalue weighted by Crippen LogP contribution is -1.96. The zero-order valence-electron chi connectivity index (χ0n) is 10.8. The number of thiazole rings is 1. The van der Waals surface area contributed by atoms with Crippen molar-refractivity contribution in [3.05, 3.63) is 40.9 Å². The molecule has 0 aliphatic rings. The van der Waals surface area contributed by atoms with Crippen LogP contribution in [-0.2, 0) is 9.84 Å². The number of rotatable bonds is 3. The van der Waals surface area contributed by atoms with E-state index in [1.165, 1.54) is 23.5 Å². The highest BCUT2D eigenvalue weighted by Gasteiger charge is 2.08. The lowest BCUT2D eigenvalue weighted by Gasteiger charge is -2.05. The molecule has 0 N–H and O–H groups in total. The number of nitrogens with zero attached hydrogens (tertiary/aromatic N) is 2. The molecular weight excluding hydrogens is 332 g/mol. The highest BCUT2D eigenvalue weighted by Crippen LogP contribution is 2.28. The molecule has 0 saturated heterocycles. The fourth-order valence-corrected chi connectivity index (χ4v) is 3.30. The van der Waals surface area contributed by atoms with Crippen LogP contribution < -0.4 is 4.74 Å². The van der Waals surface area contributed by atoms with E-state index in [4.69, 9.17) is 16.3 Å². The molecule has 0 fully saturated rings. The standard InChI is InChI=1S/C13H9ClN2O3S2/c1-21(17,18)9-4-2-8(3-5-9)19-11-7-6-10-12(16-11)20-13(14)15-10/h2-7H,1H3. The number of sulfone groups is 1. The van der Waals surface area contributed by atoms with Crippen LogP contribution in [0.25, 0.3) is 10.3 Å². The zero-order chi connectivity index (χ0) is 15.0. The Balaban J connectivity index is 1.87. The topological polar surface area (TPSA) is 69.2 Å². The van der Waals surface area contributed by atoms with Crippen molar-refractivity contribution in [2.45, 2.75) is 4.90 Å². The molecule has 2 aromatic heterocycles. The Bertz CT molecular complexity index is 905. The molecular formula is C13H9ClN2O3S2. The number of aromatic nitrogens is 2. The van der Waals surface area contributed by atoms with E-state index in [9.17, 15) is 8.42 Å². The SMILES string of the molecule is CS(=O)(=O)c1ccc(Oc2ccc3nc(Cl)sc3n2)cc1. The molecule has 21 heavy (non-hydrogen) atoms. The first-order valence-electron chi connectivity index (χ1n) is 5.83. The molecule has 1 aromatic carbocycles. The van der Waals surface area contributed by atoms with E-state index in [-0.39, 0.29) is 4.90 Å². The van der Waals surface area contributed by atoms with Crippen LogP contribution in [0.3, 0.4) is 0 Å². The summed E-state index contributed by atoms with van der Waals surface area (Å²) < 4.78 is 28.8. The molecule has 8 heteroatoms. The Morgan fingerprint density at radius 3 is 2.48 bits per heavy atom. The zero-order valence-corrected chi connectivity index (χ0v) is 13.2. The summed E-state index contributed by atoms with van der Waals surface area (Å²) in [5.41, 5.74) is 0.713. The summed E-state index contributed by atoms with van der Waals surface area (Å²) in [4.78, 5) is 9.32. The van der Waals surface area contributed by atoms with Crippen molar-refractivity contribution in [2.24, 2.45) is 0 Å². The van der Waals surface area contributed by atoms with Gasteiger partial charge >= 0.3 is 0 Å². The monoisotopic (exact) mass is 340 g/mol. The molecule has 0 spiro atoms. The second-order valence-corrected chi connectivity index (χ2v) is 7.86. The van der Waals surface area contributed by atoms with Gasteiger partial charge in [0, 0.05) is 12.3 Å². The first kappa shape index (κ1) is 14.2. The molecule has 0 bridgehead atoms. The van der Waals surface area contributed by atoms with Crippen LogP contribution in [0.4, 0.5) is 0 Å². The molecule has 0 aliphatic carbocycles. The molecule has 0 aliphatic heterocycles. The maximum atomic E-state index is 11.4. The van der Waals surface area contributed by atoms with Gasteiger partial charge in [-0.3, -0.25) is 0 Å². The quantitative estimate of drug-likeness (QED) is 0.729. The second kappa shape index (κ2) is 5.25. The fourth-order valence-electron chi connectivity index (χ4n) is 1.71. The number of fused-ring (bicyclic) bond motifs is 1. The molecule has 0 unspecified atom stereocenters. The van der Waals surface area contributed by atoms with Gasteiger partial charge in [0.25, 0.3) is 0 Å². The summed E-state index contributed by atoms with van der Waals surface area (Å²) in [5.74, 6) is 0.903. The summed E-state index contributed by atoms with van der Waals surface area (Å²) in [6.45, 7) is 0. The van der Waals surface area contributed by atoms with Crippen molar-refractivity contribution in [3.8, 4) is 11.6 Å². The second-order valence-electron chi connectivity index (χ2n) is 4.29. The third-order valence-corrected chi connectivity index (χ3v) is 4.88. The number of benzene rings is 1. The van der Waals surface area contributed by atoms with Crippen LogP contribution in [0, 0.1) is 0 Å². The number of pyridine rings is 1. The number of hydrogen-bond acceptors (Lipinski definition) is 6. The summed E-state index contributed by atoms with van der Waals surface area (Å²) in [5, 5.41) is 0. The van der Waals surface area contributed by atoms with Gasteiger partial charge in [0.1, 0.15) is 16.1 Å². The molecule has 2 heterocycles. The van der Waals surface area contributed by atoms with E-state index >= 15 is 0 Å². The van der Waals surface area contributed by atoms with E-state index < -0.39 is 9.84 Å². The Labute approximate surface area is 130 Å². The summed E-state index contributed by atoms with van der Waals surface area (Å²) in [6.07, 6.45) is 1.16. The van der Waals surface area contributed by atoms with Gasteiger partial charge in [0.15, 0.2) is 14.3 Å². The lowest BCUT2D eigenvalue weighted by atomic mass is 10.3. The van der Waals surface area contributed by atoms with E-state index in [0.29, 0.717) is 26.4 Å². The van der Waals surface area contributed by atoms with Crippen molar-refractivity contribution in [2.75, 3.05) is 6.26 Å². The van der Waals surface area contributed by atoms with Gasteiger partial charge < -0.3 is 4.74 Å². The number of halogens is 1. The number of ether oxygens (including phenoxy) is 1. The lowest BCUT2D eigenvalue weighted by molar-refractivity contribution is 0.465. The minimum atomic E-state index is -3.21. The van der Waals surface area contributed by atoms with E-state index in [0.717, 1.165) is 6.26 Å². The van der Waals surface area contributed by atoms with E-state index in [1.807, 2.05) is 0 Å². The fraction of sp³-hybridized carbons (Fsp3) is 0.0769. The molecule has 5 nitrogen and oxygen atoms in total. The van der Waals surface area contributed by atoms with Gasteiger partial charge in [-0.15, -0.1) is 0 Å². The Morgan fingerprint density at radius 1 is 1.10 bits per heavy atom. The van der Waals surface area contributed by atoms with Gasteiger partial charge in [0.05, 0.1) is 4.90 Å². The Morgan fingerprint density at radius 2 is 1.81 bits per heavy atom. The minimum Gasteiger partial charge on any atom is -0.439 e. The van der Waals surface area contributed by atoms with Crippen molar-refractivity contribution >= 4 is 43.1 Å². The van der Waals surface area contributed by atoms with Crippen molar-refractivity contribution < 1.29 is 13.2 Å². The van der Waals surface area contributed by atoms with Gasteiger partial charge in [-0.1, -0.05) is 22.9 Å². The van der Waals surface area contributed by atoms with Crippen molar-refractivity contribution in [1.82, 2.24) is 9.97 Å². The molecule has 3 aromatic rings. The highest BCUT2D eigenvalue weighted by atomic mass is 35.5. The smallest absolute Gasteiger partial charge is 0.220 e. The first-order chi connectivity index (χ1) is 9.91. The van der Waals surface area contributed by atoms with E-state index in [2.05, 4.69) is 9.97 Å². The van der Waals surface area contributed by atoms with Gasteiger partial charge in [-0.05, 0) is 30.3 Å². The predicted molar refractivity (Wildman–Crippen MR) is 82.1 cm³/mol. The van der Waals surface area contributed by atoms with Crippen LogP contribution >= 0.6 is 22.9 Å². The van der Waals surface area contributed by atoms with E-state index in [1.54, 1.807) is 24.3 Å². The van der Waals surface area contributed by atoms with Crippen LogP contribution in [0.1, 0.15) is 0 Å². The summed E-state index contributed by atoms with van der Waals surface area (Å²) in [6, 6.07) is 9.61. The Hall–Kier alpha value is -1.70. The molecule has 108 valence electrons. The van der Waals surface area contributed by atoms with Crippen LogP contribution in [0.5, 0.6) is 11.6 Å². The molecule has 0 atom stereocenters. The maximum absolute atomic E-state index is 11.4. The van der Waals surface area contributed by atoms with Crippen LogP contribution in [-0.4, -0.2) is 24.6 Å². The molecule has 0 saturated carbocycles. The van der Waals surface area contributed by atoms with Crippen LogP contribution in [0.15, 0.2) is 41.3 Å². The summed E-state index contributed by atoms with van der Waals surface area (Å²) >= 11 is 7.09. The minimum absolute atomic E-state index is 0.243. The molecule has 0 radical (unpaired) electrons. The molecule has 0 amide bonds.